The van der Waals surface area contributed by atoms with Gasteiger partial charge >= 0.3 is 0 Å². The van der Waals surface area contributed by atoms with E-state index < -0.39 is 10.0 Å². The van der Waals surface area contributed by atoms with E-state index in [4.69, 9.17) is 0 Å². The molecule has 2 N–H and O–H groups in total. The highest BCUT2D eigenvalue weighted by molar-refractivity contribution is 7.92. The second-order valence-electron chi connectivity index (χ2n) is 6.69. The van der Waals surface area contributed by atoms with Crippen molar-refractivity contribution < 1.29 is 13.2 Å². The van der Waals surface area contributed by atoms with Crippen LogP contribution in [0.3, 0.4) is 0 Å². The van der Waals surface area contributed by atoms with Gasteiger partial charge < -0.3 is 5.32 Å². The van der Waals surface area contributed by atoms with E-state index in [1.165, 1.54) is 6.07 Å². The zero-order valence-corrected chi connectivity index (χ0v) is 16.7. The molecule has 0 aliphatic rings. The van der Waals surface area contributed by atoms with Gasteiger partial charge in [0.15, 0.2) is 0 Å². The van der Waals surface area contributed by atoms with E-state index in [0.29, 0.717) is 16.8 Å². The number of nitrogens with one attached hydrogen (secondary N) is 2. The van der Waals surface area contributed by atoms with Crippen LogP contribution in [0.4, 0.5) is 5.69 Å². The van der Waals surface area contributed by atoms with Crippen LogP contribution in [0.1, 0.15) is 47.3 Å². The zero-order valence-electron chi connectivity index (χ0n) is 15.9. The summed E-state index contributed by atoms with van der Waals surface area (Å²) in [7, 11) is -3.80. The van der Waals surface area contributed by atoms with Gasteiger partial charge in [0.2, 0.25) is 0 Å². The van der Waals surface area contributed by atoms with E-state index in [0.717, 1.165) is 17.5 Å². The molecule has 0 spiro atoms. The first kappa shape index (κ1) is 20.0. The minimum atomic E-state index is -3.80. The predicted octanol–water partition coefficient (Wildman–Crippen LogP) is 3.94. The molecule has 0 bridgehead atoms. The minimum absolute atomic E-state index is 0.0249. The first-order chi connectivity index (χ1) is 12.1. The Morgan fingerprint density at radius 3 is 2.35 bits per heavy atom. The molecule has 5 nitrogen and oxygen atoms in total. The minimum Gasteiger partial charge on any atom is -0.350 e. The lowest BCUT2D eigenvalue weighted by atomic mass is 10.1. The van der Waals surface area contributed by atoms with E-state index in [9.17, 15) is 13.2 Å². The molecule has 0 unspecified atom stereocenters. The van der Waals surface area contributed by atoms with Crippen LogP contribution in [-0.2, 0) is 10.0 Å². The summed E-state index contributed by atoms with van der Waals surface area (Å²) in [4.78, 5) is 12.4. The Bertz CT molecular complexity index is 921. The van der Waals surface area contributed by atoms with Gasteiger partial charge in [0.1, 0.15) is 0 Å². The number of carbonyl (C=O) groups excluding carboxylic acids is 1. The van der Waals surface area contributed by atoms with Gasteiger partial charge in [0.05, 0.1) is 10.6 Å². The fraction of sp³-hybridized carbons (Fsp3) is 0.350. The van der Waals surface area contributed by atoms with Gasteiger partial charge in [-0.2, -0.15) is 0 Å². The normalized spacial score (nSPS) is 12.5. The third-order valence-electron chi connectivity index (χ3n) is 4.37. The van der Waals surface area contributed by atoms with Gasteiger partial charge in [-0.05, 0) is 69.0 Å². The second kappa shape index (κ2) is 7.91. The van der Waals surface area contributed by atoms with Crippen LogP contribution in [0.5, 0.6) is 0 Å². The number of hydrogen-bond acceptors (Lipinski definition) is 3. The molecule has 1 amide bonds. The lowest BCUT2D eigenvalue weighted by Crippen LogP contribution is -2.32. The smallest absolute Gasteiger partial charge is 0.262 e. The fourth-order valence-electron chi connectivity index (χ4n) is 2.49. The molecule has 0 aliphatic heterocycles. The van der Waals surface area contributed by atoms with Crippen LogP contribution in [0.25, 0.3) is 0 Å². The molecule has 2 rings (SSSR count). The average molecular weight is 375 g/mol. The van der Waals surface area contributed by atoms with Crippen molar-refractivity contribution >= 4 is 21.6 Å². The van der Waals surface area contributed by atoms with Crippen molar-refractivity contribution in [1.29, 1.82) is 0 Å². The molecular formula is C20H26N2O3S. The van der Waals surface area contributed by atoms with E-state index >= 15 is 0 Å². The van der Waals surface area contributed by atoms with Crippen LogP contribution < -0.4 is 10.0 Å². The lowest BCUT2D eigenvalue weighted by Gasteiger charge is -2.15. The van der Waals surface area contributed by atoms with Crippen LogP contribution in [-0.4, -0.2) is 20.4 Å². The van der Waals surface area contributed by atoms with Gasteiger partial charge in [-0.25, -0.2) is 8.42 Å². The van der Waals surface area contributed by atoms with Crippen molar-refractivity contribution in [2.45, 2.75) is 52.0 Å². The molecule has 0 saturated heterocycles. The maximum atomic E-state index is 12.9. The third kappa shape index (κ3) is 4.64. The average Bonchev–Trinajstić information content (AvgIpc) is 2.57. The quantitative estimate of drug-likeness (QED) is 0.804. The Labute approximate surface area is 155 Å². The van der Waals surface area contributed by atoms with Crippen molar-refractivity contribution in [3.05, 3.63) is 58.7 Å². The van der Waals surface area contributed by atoms with Crippen molar-refractivity contribution in [3.63, 3.8) is 0 Å². The molecule has 2 aromatic carbocycles. The number of amides is 1. The molecule has 0 heterocycles. The van der Waals surface area contributed by atoms with Crippen molar-refractivity contribution in [3.8, 4) is 0 Å². The summed E-state index contributed by atoms with van der Waals surface area (Å²) in [6, 6.07) is 10.3. The Morgan fingerprint density at radius 1 is 1.04 bits per heavy atom. The van der Waals surface area contributed by atoms with Crippen LogP contribution in [0, 0.1) is 20.8 Å². The molecule has 2 aromatic rings. The number of rotatable bonds is 6. The first-order valence-corrected chi connectivity index (χ1v) is 10.1. The Hall–Kier alpha value is -2.34. The van der Waals surface area contributed by atoms with Gasteiger partial charge in [0.25, 0.3) is 15.9 Å². The van der Waals surface area contributed by atoms with Gasteiger partial charge in [-0.1, -0.05) is 25.1 Å². The Kier molecular flexibility index (Phi) is 6.08. The van der Waals surface area contributed by atoms with E-state index in [2.05, 4.69) is 10.0 Å². The van der Waals surface area contributed by atoms with E-state index in [-0.39, 0.29) is 16.8 Å². The Balaban J connectivity index is 2.38. The number of carbonyl (C=O) groups is 1. The predicted molar refractivity (Wildman–Crippen MR) is 105 cm³/mol. The lowest BCUT2D eigenvalue weighted by molar-refractivity contribution is 0.0939. The van der Waals surface area contributed by atoms with E-state index in [1.807, 2.05) is 39.8 Å². The molecule has 0 saturated carbocycles. The summed E-state index contributed by atoms with van der Waals surface area (Å²) < 4.78 is 28.4. The number of sulfonamides is 1. The summed E-state index contributed by atoms with van der Waals surface area (Å²) in [5, 5.41) is 2.86. The summed E-state index contributed by atoms with van der Waals surface area (Å²) >= 11 is 0. The van der Waals surface area contributed by atoms with Gasteiger partial charge in [-0.15, -0.1) is 0 Å². The standard InChI is InChI=1S/C20H26N2O3S/c1-6-16(5)21-20(23)17-10-9-15(4)19(12-17)26(24,25)22-18-11-13(2)7-8-14(18)3/h7-12,16,22H,6H2,1-5H3,(H,21,23)/t16-/m1/s1. The summed E-state index contributed by atoms with van der Waals surface area (Å²) in [6.07, 6.45) is 0.803. The number of anilines is 1. The monoisotopic (exact) mass is 374 g/mol. The number of benzene rings is 2. The molecule has 0 radical (unpaired) electrons. The van der Waals surface area contributed by atoms with Crippen LogP contribution in [0.15, 0.2) is 41.3 Å². The molecule has 0 aromatic heterocycles. The molecule has 6 heteroatoms. The summed E-state index contributed by atoms with van der Waals surface area (Å²) in [6.45, 7) is 9.35. The van der Waals surface area contributed by atoms with Gasteiger partial charge in [0, 0.05) is 11.6 Å². The molecule has 26 heavy (non-hydrogen) atoms. The topological polar surface area (TPSA) is 75.3 Å². The van der Waals surface area contributed by atoms with Gasteiger partial charge in [-0.3, -0.25) is 9.52 Å². The second-order valence-corrected chi connectivity index (χ2v) is 8.34. The maximum absolute atomic E-state index is 12.9. The highest BCUT2D eigenvalue weighted by Crippen LogP contribution is 2.24. The van der Waals surface area contributed by atoms with Crippen LogP contribution >= 0.6 is 0 Å². The SMILES string of the molecule is CC[C@@H](C)NC(=O)c1ccc(C)c(S(=O)(=O)Nc2cc(C)ccc2C)c1. The third-order valence-corrected chi connectivity index (χ3v) is 5.87. The first-order valence-electron chi connectivity index (χ1n) is 8.65. The molecule has 1 atom stereocenters. The van der Waals surface area contributed by atoms with E-state index in [1.54, 1.807) is 25.1 Å². The van der Waals surface area contributed by atoms with Crippen molar-refractivity contribution in [1.82, 2.24) is 5.32 Å². The zero-order chi connectivity index (χ0) is 19.5. The maximum Gasteiger partial charge on any atom is 0.262 e. The Morgan fingerprint density at radius 2 is 1.69 bits per heavy atom. The summed E-state index contributed by atoms with van der Waals surface area (Å²) in [5.41, 5.74) is 3.26. The molecule has 0 fully saturated rings. The van der Waals surface area contributed by atoms with Crippen molar-refractivity contribution in [2.24, 2.45) is 0 Å². The molecule has 140 valence electrons. The number of aryl methyl sites for hydroxylation is 3. The largest absolute Gasteiger partial charge is 0.350 e. The highest BCUT2D eigenvalue weighted by atomic mass is 32.2. The summed E-state index contributed by atoms with van der Waals surface area (Å²) in [5.74, 6) is -0.275. The highest BCUT2D eigenvalue weighted by Gasteiger charge is 2.20. The fourth-order valence-corrected chi connectivity index (χ4v) is 3.88. The van der Waals surface area contributed by atoms with Crippen molar-refractivity contribution in [2.75, 3.05) is 4.72 Å². The molecule has 0 aliphatic carbocycles. The molecular weight excluding hydrogens is 348 g/mol. The van der Waals surface area contributed by atoms with Crippen LogP contribution in [0.2, 0.25) is 0 Å². The number of hydrogen-bond donors (Lipinski definition) is 2.